The van der Waals surface area contributed by atoms with Gasteiger partial charge < -0.3 is 9.64 Å². The van der Waals surface area contributed by atoms with Gasteiger partial charge in [0.1, 0.15) is 5.75 Å². The Hall–Kier alpha value is -2.30. The molecule has 2 heterocycles. The lowest BCUT2D eigenvalue weighted by Gasteiger charge is -2.26. The molecule has 0 aliphatic carbocycles. The topological polar surface area (TPSA) is 47.4 Å². The van der Waals surface area contributed by atoms with Gasteiger partial charge >= 0.3 is 0 Å². The van der Waals surface area contributed by atoms with Gasteiger partial charge in [-0.1, -0.05) is 25.1 Å². The van der Waals surface area contributed by atoms with E-state index in [9.17, 15) is 4.79 Å². The molecule has 2 unspecified atom stereocenters. The Balaban J connectivity index is 1.65. The van der Waals surface area contributed by atoms with E-state index < -0.39 is 0 Å². The number of amides is 1. The summed E-state index contributed by atoms with van der Waals surface area (Å²) in [5.41, 5.74) is 2.25. The number of carbonyl (C=O) groups excluding carboxylic acids is 1. The Bertz CT molecular complexity index is 725. The molecule has 0 spiro atoms. The van der Waals surface area contributed by atoms with Gasteiger partial charge in [-0.15, -0.1) is 0 Å². The first-order chi connectivity index (χ1) is 12.1. The number of methoxy groups -OCH3 is 1. The minimum absolute atomic E-state index is 0.136. The van der Waals surface area contributed by atoms with Crippen molar-refractivity contribution in [3.05, 3.63) is 47.8 Å². The largest absolute Gasteiger partial charge is 0.496 e. The van der Waals surface area contributed by atoms with Crippen LogP contribution >= 0.6 is 0 Å². The molecule has 1 aromatic carbocycles. The highest BCUT2D eigenvalue weighted by Crippen LogP contribution is 2.30. The predicted molar refractivity (Wildman–Crippen MR) is 97.7 cm³/mol. The standard InChI is InChI=1S/C20H27N3O2/c1-15-12-21-22(13-15)14-17-7-6-10-23(17)20(24)11-16(2)18-8-4-5-9-19(18)25-3/h4-5,8-9,12-13,16-17H,6-7,10-11,14H2,1-3H3. The van der Waals surface area contributed by atoms with E-state index in [0.29, 0.717) is 6.42 Å². The summed E-state index contributed by atoms with van der Waals surface area (Å²) in [6, 6.07) is 8.20. The van der Waals surface area contributed by atoms with Gasteiger partial charge in [0.2, 0.25) is 5.91 Å². The molecule has 0 saturated carbocycles. The first-order valence-electron chi connectivity index (χ1n) is 9.00. The fourth-order valence-corrected chi connectivity index (χ4v) is 3.70. The highest BCUT2D eigenvalue weighted by Gasteiger charge is 2.30. The summed E-state index contributed by atoms with van der Waals surface area (Å²) in [4.78, 5) is 14.9. The highest BCUT2D eigenvalue weighted by molar-refractivity contribution is 5.78. The zero-order chi connectivity index (χ0) is 17.8. The van der Waals surface area contributed by atoms with Crippen molar-refractivity contribution < 1.29 is 9.53 Å². The van der Waals surface area contributed by atoms with Gasteiger partial charge in [0.25, 0.3) is 0 Å². The number of hydrogen-bond donors (Lipinski definition) is 0. The van der Waals surface area contributed by atoms with Crippen LogP contribution in [0.5, 0.6) is 5.75 Å². The fourth-order valence-electron chi connectivity index (χ4n) is 3.70. The van der Waals surface area contributed by atoms with Crippen LogP contribution in [0.3, 0.4) is 0 Å². The van der Waals surface area contributed by atoms with Crippen LogP contribution in [0.2, 0.25) is 0 Å². The van der Waals surface area contributed by atoms with E-state index in [-0.39, 0.29) is 17.9 Å². The summed E-state index contributed by atoms with van der Waals surface area (Å²) in [7, 11) is 1.68. The average Bonchev–Trinajstić information content (AvgIpc) is 3.24. The van der Waals surface area contributed by atoms with E-state index in [0.717, 1.165) is 42.8 Å². The molecule has 0 bridgehead atoms. The molecule has 1 amide bonds. The molecule has 1 aromatic heterocycles. The van der Waals surface area contributed by atoms with Gasteiger partial charge in [-0.25, -0.2) is 0 Å². The van der Waals surface area contributed by atoms with Crippen molar-refractivity contribution >= 4 is 5.91 Å². The van der Waals surface area contributed by atoms with Crippen molar-refractivity contribution in [2.75, 3.05) is 13.7 Å². The van der Waals surface area contributed by atoms with Crippen LogP contribution in [-0.2, 0) is 11.3 Å². The quantitative estimate of drug-likeness (QED) is 0.809. The van der Waals surface area contributed by atoms with Crippen LogP contribution in [0.4, 0.5) is 0 Å². The number of rotatable bonds is 6. The normalized spacial score (nSPS) is 18.4. The minimum Gasteiger partial charge on any atom is -0.496 e. The van der Waals surface area contributed by atoms with E-state index in [1.807, 2.05) is 53.2 Å². The molecule has 5 nitrogen and oxygen atoms in total. The molecule has 3 rings (SSSR count). The van der Waals surface area contributed by atoms with Gasteiger partial charge in [-0.3, -0.25) is 9.48 Å². The Morgan fingerprint density at radius 2 is 2.20 bits per heavy atom. The molecular formula is C20H27N3O2. The van der Waals surface area contributed by atoms with Crippen LogP contribution in [0.1, 0.15) is 43.2 Å². The minimum atomic E-state index is 0.136. The maximum atomic E-state index is 12.9. The van der Waals surface area contributed by atoms with Crippen LogP contribution < -0.4 is 4.74 Å². The average molecular weight is 341 g/mol. The van der Waals surface area contributed by atoms with Crippen molar-refractivity contribution in [1.29, 1.82) is 0 Å². The third-order valence-corrected chi connectivity index (χ3v) is 5.01. The highest BCUT2D eigenvalue weighted by atomic mass is 16.5. The molecule has 2 atom stereocenters. The molecule has 25 heavy (non-hydrogen) atoms. The number of para-hydroxylation sites is 1. The molecule has 1 fully saturated rings. The Morgan fingerprint density at radius 3 is 2.92 bits per heavy atom. The Kier molecular flexibility index (Phi) is 5.41. The van der Waals surface area contributed by atoms with E-state index in [1.165, 1.54) is 0 Å². The number of aryl methyl sites for hydroxylation is 1. The molecule has 134 valence electrons. The van der Waals surface area contributed by atoms with Gasteiger partial charge in [0, 0.05) is 19.2 Å². The summed E-state index contributed by atoms with van der Waals surface area (Å²) in [6.07, 6.45) is 6.53. The number of carbonyl (C=O) groups is 1. The first-order valence-corrected chi connectivity index (χ1v) is 9.00. The lowest BCUT2D eigenvalue weighted by Crippen LogP contribution is -2.38. The number of benzene rings is 1. The second-order valence-electron chi connectivity index (χ2n) is 6.97. The third-order valence-electron chi connectivity index (χ3n) is 5.01. The number of ether oxygens (including phenoxy) is 1. The van der Waals surface area contributed by atoms with Gasteiger partial charge in [-0.05, 0) is 42.9 Å². The van der Waals surface area contributed by atoms with E-state index >= 15 is 0 Å². The molecule has 1 saturated heterocycles. The number of aromatic nitrogens is 2. The van der Waals surface area contributed by atoms with E-state index in [4.69, 9.17) is 4.74 Å². The first kappa shape index (κ1) is 17.5. The van der Waals surface area contributed by atoms with E-state index in [2.05, 4.69) is 12.0 Å². The monoisotopic (exact) mass is 341 g/mol. The molecule has 0 radical (unpaired) electrons. The number of hydrogen-bond acceptors (Lipinski definition) is 3. The van der Waals surface area contributed by atoms with Gasteiger partial charge in [0.15, 0.2) is 0 Å². The fraction of sp³-hybridized carbons (Fsp3) is 0.500. The molecule has 5 heteroatoms. The molecular weight excluding hydrogens is 314 g/mol. The van der Waals surface area contributed by atoms with Crippen LogP contribution in [0, 0.1) is 6.92 Å². The zero-order valence-electron chi connectivity index (χ0n) is 15.3. The van der Waals surface area contributed by atoms with Crippen LogP contribution in [-0.4, -0.2) is 40.3 Å². The van der Waals surface area contributed by atoms with Crippen molar-refractivity contribution in [2.45, 2.75) is 51.6 Å². The summed E-state index contributed by atoms with van der Waals surface area (Å²) in [6.45, 7) is 5.76. The molecule has 0 N–H and O–H groups in total. The summed E-state index contributed by atoms with van der Waals surface area (Å²) >= 11 is 0. The predicted octanol–water partition coefficient (Wildman–Crippen LogP) is 3.38. The molecule has 1 aliphatic heterocycles. The van der Waals surface area contributed by atoms with Crippen LogP contribution in [0.25, 0.3) is 0 Å². The smallest absolute Gasteiger partial charge is 0.223 e. The summed E-state index contributed by atoms with van der Waals surface area (Å²) in [5.74, 6) is 1.22. The van der Waals surface area contributed by atoms with Crippen molar-refractivity contribution in [2.24, 2.45) is 0 Å². The molecule has 2 aromatic rings. The zero-order valence-corrected chi connectivity index (χ0v) is 15.3. The summed E-state index contributed by atoms with van der Waals surface area (Å²) in [5, 5.41) is 4.37. The molecule has 1 aliphatic rings. The van der Waals surface area contributed by atoms with E-state index in [1.54, 1.807) is 7.11 Å². The van der Waals surface area contributed by atoms with Gasteiger partial charge in [-0.2, -0.15) is 5.10 Å². The van der Waals surface area contributed by atoms with Crippen molar-refractivity contribution in [1.82, 2.24) is 14.7 Å². The number of nitrogens with zero attached hydrogens (tertiary/aromatic N) is 3. The van der Waals surface area contributed by atoms with Crippen molar-refractivity contribution in [3.8, 4) is 5.75 Å². The second-order valence-corrected chi connectivity index (χ2v) is 6.97. The van der Waals surface area contributed by atoms with Crippen molar-refractivity contribution in [3.63, 3.8) is 0 Å². The summed E-state index contributed by atoms with van der Waals surface area (Å²) < 4.78 is 7.39. The number of likely N-dealkylation sites (tertiary alicyclic amines) is 1. The lowest BCUT2D eigenvalue weighted by atomic mass is 9.96. The third kappa shape index (κ3) is 4.03. The SMILES string of the molecule is COc1ccccc1C(C)CC(=O)N1CCCC1Cn1cc(C)cn1. The van der Waals surface area contributed by atoms with Crippen LogP contribution in [0.15, 0.2) is 36.7 Å². The maximum Gasteiger partial charge on any atom is 0.223 e. The Labute approximate surface area is 149 Å². The maximum absolute atomic E-state index is 12.9. The van der Waals surface area contributed by atoms with Gasteiger partial charge in [0.05, 0.1) is 25.9 Å². The lowest BCUT2D eigenvalue weighted by molar-refractivity contribution is -0.132. The Morgan fingerprint density at radius 1 is 1.40 bits per heavy atom. The second kappa shape index (κ2) is 7.72.